The Hall–Kier alpha value is -2.69. The van der Waals surface area contributed by atoms with Crippen LogP contribution in [0.15, 0.2) is 65.0 Å². The maximum Gasteiger partial charge on any atom is 0.339 e. The third-order valence-electron chi connectivity index (χ3n) is 2.17. The zero-order valence-electron chi connectivity index (χ0n) is 9.35. The van der Waals surface area contributed by atoms with Crippen LogP contribution in [0, 0.1) is 0 Å². The van der Waals surface area contributed by atoms with E-state index < -0.39 is 5.97 Å². The minimum absolute atomic E-state index is 0.0458. The first-order chi connectivity index (χ1) is 8.77. The summed E-state index contributed by atoms with van der Waals surface area (Å²) >= 11 is 0. The third kappa shape index (κ3) is 2.91. The Bertz CT molecular complexity index is 567. The standard InChI is InChI=1S/C13H10N2O3/c16-13(17)11-8-4-5-9-12(11)18-15-14-10-6-2-1-3-7-10/h1-9H,(H,16,17). The molecule has 2 rings (SSSR count). The Balaban J connectivity index is 2.11. The number of carboxylic acid groups (broad SMARTS) is 1. The van der Waals surface area contributed by atoms with Gasteiger partial charge in [-0.2, -0.15) is 0 Å². The van der Waals surface area contributed by atoms with Crippen molar-refractivity contribution in [1.29, 1.82) is 0 Å². The molecule has 0 aliphatic rings. The van der Waals surface area contributed by atoms with Crippen LogP contribution >= 0.6 is 0 Å². The number of para-hydroxylation sites is 1. The third-order valence-corrected chi connectivity index (χ3v) is 2.17. The van der Waals surface area contributed by atoms with Gasteiger partial charge in [0.1, 0.15) is 5.56 Å². The highest BCUT2D eigenvalue weighted by Crippen LogP contribution is 2.19. The van der Waals surface area contributed by atoms with Crippen LogP contribution in [0.1, 0.15) is 10.4 Å². The van der Waals surface area contributed by atoms with Crippen LogP contribution in [-0.4, -0.2) is 11.1 Å². The summed E-state index contributed by atoms with van der Waals surface area (Å²) < 4.78 is 0. The smallest absolute Gasteiger partial charge is 0.339 e. The Morgan fingerprint density at radius 2 is 1.67 bits per heavy atom. The fourth-order valence-electron chi connectivity index (χ4n) is 1.33. The van der Waals surface area contributed by atoms with Crippen molar-refractivity contribution < 1.29 is 14.7 Å². The fraction of sp³-hybridized carbons (Fsp3) is 0. The maximum absolute atomic E-state index is 10.9. The lowest BCUT2D eigenvalue weighted by atomic mass is 10.2. The van der Waals surface area contributed by atoms with Gasteiger partial charge in [-0.25, -0.2) is 4.79 Å². The largest absolute Gasteiger partial charge is 0.478 e. The molecule has 90 valence electrons. The predicted octanol–water partition coefficient (Wildman–Crippen LogP) is 3.46. The molecule has 0 aromatic heterocycles. The highest BCUT2D eigenvalue weighted by atomic mass is 16.6. The zero-order valence-corrected chi connectivity index (χ0v) is 9.35. The van der Waals surface area contributed by atoms with E-state index in [0.717, 1.165) is 0 Å². The van der Waals surface area contributed by atoms with Crippen LogP contribution in [0.3, 0.4) is 0 Å². The van der Waals surface area contributed by atoms with Crippen LogP contribution in [0.2, 0.25) is 0 Å². The van der Waals surface area contributed by atoms with Gasteiger partial charge in [0.2, 0.25) is 0 Å². The van der Waals surface area contributed by atoms with Crippen LogP contribution < -0.4 is 4.84 Å². The molecule has 0 heterocycles. The van der Waals surface area contributed by atoms with Gasteiger partial charge in [0, 0.05) is 5.28 Å². The van der Waals surface area contributed by atoms with Gasteiger partial charge in [-0.05, 0) is 24.3 Å². The Labute approximate surface area is 103 Å². The number of hydrogen-bond acceptors (Lipinski definition) is 4. The fourth-order valence-corrected chi connectivity index (χ4v) is 1.33. The molecule has 0 saturated heterocycles. The molecule has 2 aromatic rings. The van der Waals surface area contributed by atoms with Crippen LogP contribution in [0.25, 0.3) is 0 Å². The Kier molecular flexibility index (Phi) is 3.66. The molecule has 0 aliphatic heterocycles. The second-order valence-corrected chi connectivity index (χ2v) is 3.41. The molecule has 0 aliphatic carbocycles. The van der Waals surface area contributed by atoms with Crippen molar-refractivity contribution in [3.05, 3.63) is 60.2 Å². The second kappa shape index (κ2) is 5.58. The van der Waals surface area contributed by atoms with Gasteiger partial charge in [-0.1, -0.05) is 30.3 Å². The summed E-state index contributed by atoms with van der Waals surface area (Å²) in [5, 5.41) is 16.3. The molecule has 0 amide bonds. The number of hydrogen-bond donors (Lipinski definition) is 1. The second-order valence-electron chi connectivity index (χ2n) is 3.41. The highest BCUT2D eigenvalue weighted by Gasteiger charge is 2.09. The zero-order chi connectivity index (χ0) is 12.8. The van der Waals surface area contributed by atoms with E-state index in [0.29, 0.717) is 5.69 Å². The summed E-state index contributed by atoms with van der Waals surface area (Å²) in [4.78, 5) is 15.9. The molecule has 0 spiro atoms. The summed E-state index contributed by atoms with van der Waals surface area (Å²) in [7, 11) is 0. The number of aromatic carboxylic acids is 1. The molecular weight excluding hydrogens is 232 g/mol. The van der Waals surface area contributed by atoms with E-state index in [1.165, 1.54) is 12.1 Å². The lowest BCUT2D eigenvalue weighted by Crippen LogP contribution is -1.98. The van der Waals surface area contributed by atoms with E-state index >= 15 is 0 Å². The van der Waals surface area contributed by atoms with E-state index in [4.69, 9.17) is 9.94 Å². The van der Waals surface area contributed by atoms with Gasteiger partial charge in [-0.3, -0.25) is 0 Å². The normalized spacial score (nSPS) is 10.4. The summed E-state index contributed by atoms with van der Waals surface area (Å²) in [6, 6.07) is 15.3. The van der Waals surface area contributed by atoms with Crippen molar-refractivity contribution >= 4 is 11.7 Å². The van der Waals surface area contributed by atoms with E-state index in [2.05, 4.69) is 10.4 Å². The first-order valence-corrected chi connectivity index (χ1v) is 5.23. The average Bonchev–Trinajstić information content (AvgIpc) is 2.40. The quantitative estimate of drug-likeness (QED) is 0.659. The topological polar surface area (TPSA) is 71.2 Å². The molecule has 0 atom stereocenters. The molecule has 0 radical (unpaired) electrons. The molecule has 5 heteroatoms. The van der Waals surface area contributed by atoms with Crippen molar-refractivity contribution in [2.75, 3.05) is 0 Å². The lowest BCUT2D eigenvalue weighted by molar-refractivity contribution is 0.0692. The molecular formula is C13H10N2O3. The van der Waals surface area contributed by atoms with E-state index in [-0.39, 0.29) is 11.3 Å². The molecule has 1 N–H and O–H groups in total. The maximum atomic E-state index is 10.9. The van der Waals surface area contributed by atoms with Gasteiger partial charge >= 0.3 is 5.97 Å². The van der Waals surface area contributed by atoms with Gasteiger partial charge in [0.15, 0.2) is 5.75 Å². The van der Waals surface area contributed by atoms with Crippen LogP contribution in [0.4, 0.5) is 5.69 Å². The summed E-state index contributed by atoms with van der Waals surface area (Å²) in [5.41, 5.74) is 0.676. The SMILES string of the molecule is O=C(O)c1ccccc1ON=Nc1ccccc1. The molecule has 0 fully saturated rings. The van der Waals surface area contributed by atoms with Crippen molar-refractivity contribution in [1.82, 2.24) is 0 Å². The summed E-state index contributed by atoms with van der Waals surface area (Å²) in [6.45, 7) is 0. The first kappa shape index (κ1) is 11.8. The van der Waals surface area contributed by atoms with E-state index in [1.807, 2.05) is 18.2 Å². The summed E-state index contributed by atoms with van der Waals surface area (Å²) in [6.07, 6.45) is 0. The van der Waals surface area contributed by atoms with Gasteiger partial charge in [-0.15, -0.1) is 5.11 Å². The predicted molar refractivity (Wildman–Crippen MR) is 65.0 cm³/mol. The highest BCUT2D eigenvalue weighted by molar-refractivity contribution is 5.90. The Morgan fingerprint density at radius 1 is 1.00 bits per heavy atom. The number of nitrogens with zero attached hydrogens (tertiary/aromatic N) is 2. The van der Waals surface area contributed by atoms with Crippen LogP contribution in [-0.2, 0) is 0 Å². The van der Waals surface area contributed by atoms with Gasteiger partial charge in [0.25, 0.3) is 0 Å². The monoisotopic (exact) mass is 242 g/mol. The van der Waals surface area contributed by atoms with Crippen molar-refractivity contribution in [2.24, 2.45) is 10.4 Å². The minimum Gasteiger partial charge on any atom is -0.478 e. The molecule has 0 unspecified atom stereocenters. The Morgan fingerprint density at radius 3 is 2.39 bits per heavy atom. The molecule has 18 heavy (non-hydrogen) atoms. The molecule has 2 aromatic carbocycles. The van der Waals surface area contributed by atoms with E-state index in [1.54, 1.807) is 24.3 Å². The summed E-state index contributed by atoms with van der Waals surface area (Å²) in [5.74, 6) is -0.912. The van der Waals surface area contributed by atoms with Crippen molar-refractivity contribution in [3.63, 3.8) is 0 Å². The van der Waals surface area contributed by atoms with Crippen LogP contribution in [0.5, 0.6) is 5.75 Å². The average molecular weight is 242 g/mol. The first-order valence-electron chi connectivity index (χ1n) is 5.23. The van der Waals surface area contributed by atoms with Crippen molar-refractivity contribution in [2.45, 2.75) is 0 Å². The van der Waals surface area contributed by atoms with Gasteiger partial charge < -0.3 is 9.94 Å². The molecule has 0 saturated carbocycles. The number of carbonyl (C=O) groups is 1. The molecule has 0 bridgehead atoms. The molecule has 5 nitrogen and oxygen atoms in total. The number of rotatable bonds is 4. The van der Waals surface area contributed by atoms with Gasteiger partial charge in [0.05, 0.1) is 5.69 Å². The lowest BCUT2D eigenvalue weighted by Gasteiger charge is -2.00. The number of carboxylic acids is 1. The number of benzene rings is 2. The minimum atomic E-state index is -1.07. The van der Waals surface area contributed by atoms with Crippen molar-refractivity contribution in [3.8, 4) is 5.75 Å². The van der Waals surface area contributed by atoms with E-state index in [9.17, 15) is 4.79 Å².